The molecule has 2 N–H and O–H groups in total. The zero-order valence-electron chi connectivity index (χ0n) is 13.3. The molecule has 5 nitrogen and oxygen atoms in total. The fourth-order valence-electron chi connectivity index (χ4n) is 2.39. The van der Waals surface area contributed by atoms with Crippen LogP contribution < -0.4 is 15.8 Å². The number of pyridine rings is 1. The average Bonchev–Trinajstić information content (AvgIpc) is 2.55. The second kappa shape index (κ2) is 6.49. The van der Waals surface area contributed by atoms with E-state index in [9.17, 15) is 9.59 Å². The highest BCUT2D eigenvalue weighted by atomic mass is 79.9. The Morgan fingerprint density at radius 1 is 1.08 bits per heavy atom. The molecule has 0 bridgehead atoms. The summed E-state index contributed by atoms with van der Waals surface area (Å²) in [5, 5.41) is 3.54. The van der Waals surface area contributed by atoms with Gasteiger partial charge in [0, 0.05) is 40.8 Å². The van der Waals surface area contributed by atoms with Crippen molar-refractivity contribution in [3.63, 3.8) is 0 Å². The van der Waals surface area contributed by atoms with Gasteiger partial charge >= 0.3 is 0 Å². The molecule has 0 aliphatic rings. The third kappa shape index (κ3) is 3.33. The zero-order valence-corrected chi connectivity index (χ0v) is 14.8. The minimum Gasteiger partial charge on any atom is -0.378 e. The van der Waals surface area contributed by atoms with Gasteiger partial charge in [-0.05, 0) is 48.5 Å². The number of rotatable bonds is 3. The van der Waals surface area contributed by atoms with E-state index in [0.717, 1.165) is 15.5 Å². The lowest BCUT2D eigenvalue weighted by Crippen LogP contribution is -2.23. The van der Waals surface area contributed by atoms with Crippen LogP contribution in [0.25, 0.3) is 10.9 Å². The van der Waals surface area contributed by atoms with Crippen molar-refractivity contribution in [1.82, 2.24) is 4.98 Å². The molecule has 0 aliphatic heterocycles. The number of hydrogen-bond donors (Lipinski definition) is 2. The molecule has 0 spiro atoms. The lowest BCUT2D eigenvalue weighted by atomic mass is 10.1. The molecule has 0 saturated carbocycles. The van der Waals surface area contributed by atoms with Gasteiger partial charge in [-0.2, -0.15) is 0 Å². The maximum Gasteiger partial charge on any atom is 0.261 e. The van der Waals surface area contributed by atoms with Crippen LogP contribution in [0.2, 0.25) is 0 Å². The summed E-state index contributed by atoms with van der Waals surface area (Å²) in [5.74, 6) is -0.435. The molecule has 122 valence electrons. The quantitative estimate of drug-likeness (QED) is 0.723. The first kappa shape index (κ1) is 16.3. The molecule has 3 aromatic rings. The lowest BCUT2D eigenvalue weighted by Gasteiger charge is -2.13. The molecular weight excluding hydrogens is 370 g/mol. The molecule has 1 amide bonds. The molecule has 0 unspecified atom stereocenters. The van der Waals surface area contributed by atoms with E-state index in [1.165, 1.54) is 0 Å². The van der Waals surface area contributed by atoms with Crippen molar-refractivity contribution >= 4 is 44.1 Å². The molecule has 24 heavy (non-hydrogen) atoms. The molecule has 0 aliphatic carbocycles. The molecule has 6 heteroatoms. The van der Waals surface area contributed by atoms with Crippen molar-refractivity contribution in [2.75, 3.05) is 24.3 Å². The van der Waals surface area contributed by atoms with Crippen LogP contribution >= 0.6 is 15.9 Å². The van der Waals surface area contributed by atoms with Crippen molar-refractivity contribution in [3.8, 4) is 0 Å². The highest BCUT2D eigenvalue weighted by Crippen LogP contribution is 2.19. The van der Waals surface area contributed by atoms with E-state index in [4.69, 9.17) is 0 Å². The van der Waals surface area contributed by atoms with Gasteiger partial charge in [-0.3, -0.25) is 9.59 Å². The number of nitrogens with one attached hydrogen (secondary N) is 2. The van der Waals surface area contributed by atoms with Gasteiger partial charge in [-0.25, -0.2) is 0 Å². The van der Waals surface area contributed by atoms with Crippen LogP contribution in [-0.4, -0.2) is 25.0 Å². The smallest absolute Gasteiger partial charge is 0.261 e. The van der Waals surface area contributed by atoms with Crippen LogP contribution in [0.3, 0.4) is 0 Å². The minimum absolute atomic E-state index is 0.0808. The summed E-state index contributed by atoms with van der Waals surface area (Å²) >= 11 is 3.39. The molecule has 0 saturated heterocycles. The average molecular weight is 386 g/mol. The summed E-state index contributed by atoms with van der Waals surface area (Å²) < 4.78 is 0.882. The largest absolute Gasteiger partial charge is 0.378 e. The fraction of sp³-hybridized carbons (Fsp3) is 0.111. The molecule has 1 aromatic heterocycles. The number of fused-ring (bicyclic) bond motifs is 1. The third-order valence-corrected chi connectivity index (χ3v) is 4.19. The SMILES string of the molecule is CN(C)c1ccc(NC(=O)c2cc3cc(Br)ccc3[nH]c2=O)cc1. The fourth-order valence-corrected chi connectivity index (χ4v) is 2.77. The van der Waals surface area contributed by atoms with Crippen molar-refractivity contribution in [3.05, 3.63) is 68.9 Å². The number of aromatic amines is 1. The zero-order chi connectivity index (χ0) is 17.3. The van der Waals surface area contributed by atoms with Gasteiger partial charge in [0.05, 0.1) is 0 Å². The Labute approximate surface area is 147 Å². The standard InChI is InChI=1S/C18H16BrN3O2/c1-22(2)14-6-4-13(5-7-14)20-17(23)15-10-11-9-12(19)3-8-16(11)21-18(15)24/h3-10H,1-2H3,(H,20,23)(H,21,24). The molecule has 0 radical (unpaired) electrons. The summed E-state index contributed by atoms with van der Waals surface area (Å²) in [7, 11) is 3.89. The van der Waals surface area contributed by atoms with Crippen LogP contribution in [0.15, 0.2) is 57.8 Å². The van der Waals surface area contributed by atoms with E-state index in [0.29, 0.717) is 11.2 Å². The molecule has 1 heterocycles. The first-order chi connectivity index (χ1) is 11.4. The highest BCUT2D eigenvalue weighted by molar-refractivity contribution is 9.10. The lowest BCUT2D eigenvalue weighted by molar-refractivity contribution is 0.102. The van der Waals surface area contributed by atoms with Gasteiger partial charge < -0.3 is 15.2 Å². The van der Waals surface area contributed by atoms with Gasteiger partial charge in [0.2, 0.25) is 0 Å². The van der Waals surface area contributed by atoms with Crippen molar-refractivity contribution < 1.29 is 4.79 Å². The van der Waals surface area contributed by atoms with Gasteiger partial charge in [-0.15, -0.1) is 0 Å². The van der Waals surface area contributed by atoms with Gasteiger partial charge in [-0.1, -0.05) is 15.9 Å². The summed E-state index contributed by atoms with van der Waals surface area (Å²) in [6, 6.07) is 14.5. The number of hydrogen-bond acceptors (Lipinski definition) is 3. The van der Waals surface area contributed by atoms with E-state index in [1.807, 2.05) is 43.3 Å². The topological polar surface area (TPSA) is 65.2 Å². The summed E-state index contributed by atoms with van der Waals surface area (Å²) in [6.45, 7) is 0. The Balaban J connectivity index is 1.90. The third-order valence-electron chi connectivity index (χ3n) is 3.69. The minimum atomic E-state index is -0.435. The number of halogens is 1. The first-order valence-electron chi connectivity index (χ1n) is 7.35. The monoisotopic (exact) mass is 385 g/mol. The number of benzene rings is 2. The predicted octanol–water partition coefficient (Wildman–Crippen LogP) is 3.61. The van der Waals surface area contributed by atoms with E-state index in [1.54, 1.807) is 24.3 Å². The number of amides is 1. The Morgan fingerprint density at radius 2 is 1.79 bits per heavy atom. The number of H-pyrrole nitrogens is 1. The molecule has 3 rings (SSSR count). The van der Waals surface area contributed by atoms with Crippen molar-refractivity contribution in [1.29, 1.82) is 0 Å². The summed E-state index contributed by atoms with van der Waals surface area (Å²) in [6.07, 6.45) is 0. The second-order valence-corrected chi connectivity index (χ2v) is 6.55. The number of anilines is 2. The van der Waals surface area contributed by atoms with E-state index in [-0.39, 0.29) is 5.56 Å². The number of carbonyl (C=O) groups is 1. The second-order valence-electron chi connectivity index (χ2n) is 5.64. The van der Waals surface area contributed by atoms with Gasteiger partial charge in [0.25, 0.3) is 11.5 Å². The van der Waals surface area contributed by atoms with Crippen LogP contribution in [0.5, 0.6) is 0 Å². The first-order valence-corrected chi connectivity index (χ1v) is 8.15. The van der Waals surface area contributed by atoms with Crippen molar-refractivity contribution in [2.24, 2.45) is 0 Å². The number of nitrogens with zero attached hydrogens (tertiary/aromatic N) is 1. The Hall–Kier alpha value is -2.60. The predicted molar refractivity (Wildman–Crippen MR) is 101 cm³/mol. The summed E-state index contributed by atoms with van der Waals surface area (Å²) in [5.41, 5.74) is 2.03. The van der Waals surface area contributed by atoms with E-state index in [2.05, 4.69) is 26.2 Å². The van der Waals surface area contributed by atoms with Crippen LogP contribution in [0.1, 0.15) is 10.4 Å². The Bertz CT molecular complexity index is 962. The van der Waals surface area contributed by atoms with Gasteiger partial charge in [0.15, 0.2) is 0 Å². The van der Waals surface area contributed by atoms with Crippen molar-refractivity contribution in [2.45, 2.75) is 0 Å². The molecule has 2 aromatic carbocycles. The Kier molecular flexibility index (Phi) is 4.40. The van der Waals surface area contributed by atoms with E-state index >= 15 is 0 Å². The Morgan fingerprint density at radius 3 is 2.46 bits per heavy atom. The molecular formula is C18H16BrN3O2. The maximum absolute atomic E-state index is 12.4. The van der Waals surface area contributed by atoms with Crippen LogP contribution in [0, 0.1) is 0 Å². The van der Waals surface area contributed by atoms with Gasteiger partial charge in [0.1, 0.15) is 5.56 Å². The molecule has 0 atom stereocenters. The highest BCUT2D eigenvalue weighted by Gasteiger charge is 2.12. The van der Waals surface area contributed by atoms with Crippen LogP contribution in [0.4, 0.5) is 11.4 Å². The van der Waals surface area contributed by atoms with E-state index < -0.39 is 11.5 Å². The molecule has 0 fully saturated rings. The maximum atomic E-state index is 12.4. The number of carbonyl (C=O) groups excluding carboxylic acids is 1. The number of aromatic nitrogens is 1. The van der Waals surface area contributed by atoms with Crippen LogP contribution in [-0.2, 0) is 0 Å². The normalized spacial score (nSPS) is 10.6. The summed E-state index contributed by atoms with van der Waals surface area (Å²) in [4.78, 5) is 29.3.